The Morgan fingerprint density at radius 2 is 2.22 bits per heavy atom. The predicted octanol–water partition coefficient (Wildman–Crippen LogP) is 1.45. The van der Waals surface area contributed by atoms with Crippen molar-refractivity contribution in [2.45, 2.75) is 12.8 Å². The zero-order valence-electron chi connectivity index (χ0n) is 5.08. The number of rotatable bonds is 2. The van der Waals surface area contributed by atoms with Crippen LogP contribution in [0.1, 0.15) is 6.92 Å². The molecule has 0 spiro atoms. The van der Waals surface area contributed by atoms with E-state index >= 15 is 0 Å². The van der Waals surface area contributed by atoms with E-state index in [-0.39, 0.29) is 0 Å². The van der Waals surface area contributed by atoms with Crippen LogP contribution in [0.3, 0.4) is 0 Å². The molecule has 9 heavy (non-hydrogen) atoms. The third-order valence-corrected chi connectivity index (χ3v) is 0.458. The van der Waals surface area contributed by atoms with Crippen molar-refractivity contribution in [3.63, 3.8) is 0 Å². The van der Waals surface area contributed by atoms with Gasteiger partial charge >= 0.3 is 0 Å². The third-order valence-electron chi connectivity index (χ3n) is 0.458. The highest BCUT2D eigenvalue weighted by Gasteiger charge is 2.21. The summed E-state index contributed by atoms with van der Waals surface area (Å²) in [5.74, 6) is -0.717. The molecular formula is C6H7F2O. The summed E-state index contributed by atoms with van der Waals surface area (Å²) in [6.07, 6.45) is 2.03. The van der Waals surface area contributed by atoms with Crippen LogP contribution in [0.4, 0.5) is 8.78 Å². The molecule has 0 aromatic heterocycles. The molecule has 0 amide bonds. The van der Waals surface area contributed by atoms with Crippen LogP contribution in [0.15, 0.2) is 0 Å². The molecule has 3 heteroatoms. The molecule has 0 heterocycles. The number of ether oxygens (including phenoxy) is 1. The summed E-state index contributed by atoms with van der Waals surface area (Å²) in [6.45, 7) is 3.28. The van der Waals surface area contributed by atoms with Crippen LogP contribution in [0.25, 0.3) is 0 Å². The van der Waals surface area contributed by atoms with Gasteiger partial charge in [-0.1, -0.05) is 5.92 Å². The van der Waals surface area contributed by atoms with E-state index in [0.29, 0.717) is 0 Å². The Hall–Kier alpha value is -0.780. The maximum atomic E-state index is 11.7. The van der Waals surface area contributed by atoms with Crippen molar-refractivity contribution in [3.05, 3.63) is 6.92 Å². The Morgan fingerprint density at radius 3 is 2.56 bits per heavy atom. The first-order chi connectivity index (χ1) is 4.06. The maximum absolute atomic E-state index is 11.7. The van der Waals surface area contributed by atoms with E-state index in [0.717, 1.165) is 0 Å². The second kappa shape index (κ2) is 3.29. The van der Waals surface area contributed by atoms with Crippen molar-refractivity contribution in [2.75, 3.05) is 6.61 Å². The van der Waals surface area contributed by atoms with E-state index in [1.165, 1.54) is 6.92 Å². The van der Waals surface area contributed by atoms with Gasteiger partial charge in [0.05, 0.1) is 0 Å². The summed E-state index contributed by atoms with van der Waals surface area (Å²) >= 11 is 0. The van der Waals surface area contributed by atoms with E-state index < -0.39 is 12.5 Å². The second-order valence-corrected chi connectivity index (χ2v) is 1.50. The molecule has 0 atom stereocenters. The Kier molecular flexibility index (Phi) is 3.00. The maximum Gasteiger partial charge on any atom is 0.282 e. The van der Waals surface area contributed by atoms with E-state index in [9.17, 15) is 8.78 Å². The quantitative estimate of drug-likeness (QED) is 0.518. The summed E-state index contributed by atoms with van der Waals surface area (Å²) in [5, 5.41) is 0. The largest absolute Gasteiger partial charge is 0.440 e. The minimum absolute atomic E-state index is 0.742. The minimum atomic E-state index is -3.02. The van der Waals surface area contributed by atoms with Gasteiger partial charge in [-0.15, -0.1) is 0 Å². The van der Waals surface area contributed by atoms with Crippen molar-refractivity contribution in [3.8, 4) is 12.0 Å². The summed E-state index contributed by atoms with van der Waals surface area (Å²) in [4.78, 5) is 0. The zero-order valence-corrected chi connectivity index (χ0v) is 5.08. The van der Waals surface area contributed by atoms with E-state index in [1.807, 2.05) is 6.11 Å². The molecule has 0 aliphatic heterocycles. The number of hydrogen-bond acceptors (Lipinski definition) is 1. The molecule has 0 saturated heterocycles. The van der Waals surface area contributed by atoms with Gasteiger partial charge in [0.15, 0.2) is 6.61 Å². The molecule has 0 aliphatic carbocycles. The van der Waals surface area contributed by atoms with Gasteiger partial charge in [-0.2, -0.15) is 0 Å². The van der Waals surface area contributed by atoms with Crippen LogP contribution in [-0.2, 0) is 4.74 Å². The minimum Gasteiger partial charge on any atom is -0.440 e. The van der Waals surface area contributed by atoms with E-state index in [1.54, 1.807) is 0 Å². The highest BCUT2D eigenvalue weighted by molar-refractivity contribution is 4.86. The number of alkyl halides is 2. The van der Waals surface area contributed by atoms with Crippen molar-refractivity contribution >= 4 is 0 Å². The highest BCUT2D eigenvalue weighted by atomic mass is 19.3. The lowest BCUT2D eigenvalue weighted by atomic mass is 10.4. The van der Waals surface area contributed by atoms with Crippen LogP contribution in [0, 0.1) is 19.0 Å². The summed E-state index contributed by atoms with van der Waals surface area (Å²) < 4.78 is 27.7. The van der Waals surface area contributed by atoms with Crippen molar-refractivity contribution in [1.29, 1.82) is 0 Å². The van der Waals surface area contributed by atoms with Crippen molar-refractivity contribution in [1.82, 2.24) is 0 Å². The smallest absolute Gasteiger partial charge is 0.282 e. The monoisotopic (exact) mass is 133 g/mol. The Morgan fingerprint density at radius 1 is 1.67 bits per heavy atom. The fourth-order valence-electron chi connectivity index (χ4n) is 0.214. The molecule has 0 saturated carbocycles. The lowest BCUT2D eigenvalue weighted by molar-refractivity contribution is -0.00773. The van der Waals surface area contributed by atoms with Gasteiger partial charge in [-0.05, 0) is 0 Å². The average Bonchev–Trinajstić information content (AvgIpc) is 1.63. The van der Waals surface area contributed by atoms with Gasteiger partial charge in [0.25, 0.3) is 5.92 Å². The molecule has 0 aromatic carbocycles. The van der Waals surface area contributed by atoms with Crippen LogP contribution in [0.5, 0.6) is 0 Å². The van der Waals surface area contributed by atoms with Gasteiger partial charge in [0, 0.05) is 13.8 Å². The Balaban J connectivity index is 3.36. The lowest BCUT2D eigenvalue weighted by Gasteiger charge is -2.05. The van der Waals surface area contributed by atoms with Crippen LogP contribution in [0.2, 0.25) is 0 Å². The molecule has 0 rings (SSSR count). The molecule has 0 bridgehead atoms. The van der Waals surface area contributed by atoms with E-state index in [4.69, 9.17) is 0 Å². The first-order valence-corrected chi connectivity index (χ1v) is 2.33. The van der Waals surface area contributed by atoms with Crippen molar-refractivity contribution in [2.24, 2.45) is 0 Å². The first kappa shape index (κ1) is 8.22. The van der Waals surface area contributed by atoms with Gasteiger partial charge in [-0.3, -0.25) is 0 Å². The molecule has 0 aliphatic rings. The molecule has 0 aromatic rings. The molecule has 1 nitrogen and oxygen atoms in total. The number of hydrogen-bond donors (Lipinski definition) is 0. The molecule has 0 fully saturated rings. The molecule has 1 radical (unpaired) electrons. The normalized spacial score (nSPS) is 9.78. The number of halogens is 2. The van der Waals surface area contributed by atoms with Crippen LogP contribution >= 0.6 is 0 Å². The van der Waals surface area contributed by atoms with E-state index in [2.05, 4.69) is 17.6 Å². The topological polar surface area (TPSA) is 9.23 Å². The summed E-state index contributed by atoms with van der Waals surface area (Å²) in [6, 6.07) is 0. The predicted molar refractivity (Wildman–Crippen MR) is 29.7 cm³/mol. The third kappa shape index (κ3) is 7.22. The molecular weight excluding hydrogens is 126 g/mol. The fraction of sp³-hybridized carbons (Fsp3) is 0.500. The Labute approximate surface area is 53.0 Å². The molecule has 0 N–H and O–H groups in total. The van der Waals surface area contributed by atoms with Gasteiger partial charge in [0.1, 0.15) is 6.11 Å². The van der Waals surface area contributed by atoms with Crippen LogP contribution in [-0.4, -0.2) is 12.5 Å². The van der Waals surface area contributed by atoms with Gasteiger partial charge in [0.2, 0.25) is 0 Å². The van der Waals surface area contributed by atoms with Crippen LogP contribution < -0.4 is 0 Å². The van der Waals surface area contributed by atoms with Gasteiger partial charge in [-0.25, -0.2) is 8.78 Å². The second-order valence-electron chi connectivity index (χ2n) is 1.50. The Bertz CT molecular complexity index is 126. The summed E-state index contributed by atoms with van der Waals surface area (Å²) in [5.41, 5.74) is 0. The average molecular weight is 133 g/mol. The molecule has 0 unspecified atom stereocenters. The zero-order chi connectivity index (χ0) is 7.33. The summed E-state index contributed by atoms with van der Waals surface area (Å²) in [7, 11) is 0. The van der Waals surface area contributed by atoms with Gasteiger partial charge < -0.3 is 4.74 Å². The van der Waals surface area contributed by atoms with Crippen molar-refractivity contribution < 1.29 is 13.5 Å². The first-order valence-electron chi connectivity index (χ1n) is 2.33. The standard InChI is InChI=1S/C6H7F2O/c1-3-4-9-5-6(2,7)8/h2,5H2,1H3. The SMILES string of the molecule is [CH2]C(F)(F)COC#CC. The molecule has 51 valence electrons. The lowest BCUT2D eigenvalue weighted by Crippen LogP contribution is -2.17. The fourth-order valence-corrected chi connectivity index (χ4v) is 0.214. The highest BCUT2D eigenvalue weighted by Crippen LogP contribution is 2.09.